The number of ether oxygens (including phenoxy) is 1. The quantitative estimate of drug-likeness (QED) is 0.917. The molecule has 0 radical (unpaired) electrons. The van der Waals surface area contributed by atoms with Crippen LogP contribution in [0.4, 0.5) is 0 Å². The summed E-state index contributed by atoms with van der Waals surface area (Å²) < 4.78 is 6.42. The molecule has 1 fully saturated rings. The van der Waals surface area contributed by atoms with Crippen molar-refractivity contribution in [2.24, 2.45) is 5.73 Å². The zero-order valence-corrected chi connectivity index (χ0v) is 14.2. The van der Waals surface area contributed by atoms with Gasteiger partial charge in [-0.2, -0.15) is 0 Å². The number of hydrogen-bond donors (Lipinski definition) is 1. The van der Waals surface area contributed by atoms with Crippen LogP contribution in [-0.4, -0.2) is 17.1 Å². The number of nitrogens with two attached hydrogens (primary N) is 1. The second-order valence-corrected chi connectivity index (χ2v) is 7.15. The van der Waals surface area contributed by atoms with E-state index in [9.17, 15) is 0 Å². The molecule has 0 saturated heterocycles. The lowest BCUT2D eigenvalue weighted by Gasteiger charge is -2.29. The third kappa shape index (κ3) is 3.18. The number of aromatic nitrogens is 1. The van der Waals surface area contributed by atoms with Crippen LogP contribution in [-0.2, 0) is 12.8 Å². The van der Waals surface area contributed by atoms with Crippen molar-refractivity contribution < 1.29 is 4.74 Å². The number of pyridine rings is 1. The molecule has 1 saturated carbocycles. The minimum atomic E-state index is 0.330. The molecule has 3 heteroatoms. The Hall–Kier alpha value is -1.87. The lowest BCUT2D eigenvalue weighted by Crippen LogP contribution is -2.32. The number of hydrogen-bond acceptors (Lipinski definition) is 3. The topological polar surface area (TPSA) is 48.1 Å². The first-order chi connectivity index (χ1) is 11.8. The predicted octanol–water partition coefficient (Wildman–Crippen LogP) is 4.28. The molecule has 1 aromatic carbocycles. The zero-order chi connectivity index (χ0) is 16.4. The van der Waals surface area contributed by atoms with Crippen molar-refractivity contribution in [3.8, 4) is 17.0 Å². The Kier molecular flexibility index (Phi) is 4.52. The molecule has 4 rings (SSSR count). The van der Waals surface area contributed by atoms with E-state index >= 15 is 0 Å². The van der Waals surface area contributed by atoms with Gasteiger partial charge in [-0.05, 0) is 86.8 Å². The highest BCUT2D eigenvalue weighted by molar-refractivity contribution is 5.68. The molecule has 0 bridgehead atoms. The van der Waals surface area contributed by atoms with E-state index in [1.165, 1.54) is 29.5 Å². The number of nitrogens with zero attached hydrogens (tertiary/aromatic N) is 1. The Morgan fingerprint density at radius 2 is 1.71 bits per heavy atom. The Morgan fingerprint density at radius 1 is 0.917 bits per heavy atom. The maximum Gasteiger partial charge on any atom is 0.123 e. The Bertz CT molecular complexity index is 690. The van der Waals surface area contributed by atoms with Crippen LogP contribution < -0.4 is 10.5 Å². The van der Waals surface area contributed by atoms with E-state index in [0.717, 1.165) is 50.0 Å². The fraction of sp³-hybridized carbons (Fsp3) is 0.476. The number of rotatable bonds is 3. The van der Waals surface area contributed by atoms with Crippen LogP contribution in [0.5, 0.6) is 5.75 Å². The predicted molar refractivity (Wildman–Crippen MR) is 97.2 cm³/mol. The molecular weight excluding hydrogens is 296 g/mol. The molecule has 126 valence electrons. The summed E-state index contributed by atoms with van der Waals surface area (Å²) in [6.45, 7) is 0. The van der Waals surface area contributed by atoms with E-state index in [-0.39, 0.29) is 0 Å². The van der Waals surface area contributed by atoms with Crippen LogP contribution in [0.25, 0.3) is 11.3 Å². The Labute approximate surface area is 144 Å². The highest BCUT2D eigenvalue weighted by atomic mass is 16.5. The van der Waals surface area contributed by atoms with Crippen LogP contribution in [0.2, 0.25) is 0 Å². The van der Waals surface area contributed by atoms with Crippen LogP contribution in [0.1, 0.15) is 49.7 Å². The van der Waals surface area contributed by atoms with Gasteiger partial charge in [-0.3, -0.25) is 4.98 Å². The minimum absolute atomic E-state index is 0.330. The van der Waals surface area contributed by atoms with Gasteiger partial charge in [0, 0.05) is 17.8 Å². The van der Waals surface area contributed by atoms with E-state index in [0.29, 0.717) is 12.1 Å². The molecular formula is C21H26N2O. The van der Waals surface area contributed by atoms with E-state index in [1.54, 1.807) is 0 Å². The first-order valence-electron chi connectivity index (χ1n) is 9.29. The minimum Gasteiger partial charge on any atom is -0.490 e. The normalized spacial score (nSPS) is 23.5. The summed E-state index contributed by atoms with van der Waals surface area (Å²) in [4.78, 5) is 4.56. The average molecular weight is 322 g/mol. The summed E-state index contributed by atoms with van der Waals surface area (Å²) in [5.74, 6) is 1.10. The van der Waals surface area contributed by atoms with Gasteiger partial charge in [-0.15, -0.1) is 0 Å². The molecule has 0 atom stereocenters. The smallest absolute Gasteiger partial charge is 0.123 e. The fourth-order valence-electron chi connectivity index (χ4n) is 4.09. The number of benzene rings is 1. The second kappa shape index (κ2) is 6.94. The maximum absolute atomic E-state index is 6.42. The molecule has 0 unspecified atom stereocenters. The first-order valence-corrected chi connectivity index (χ1v) is 9.29. The van der Waals surface area contributed by atoms with Crippen LogP contribution >= 0.6 is 0 Å². The third-order valence-corrected chi connectivity index (χ3v) is 5.45. The van der Waals surface area contributed by atoms with Crippen molar-refractivity contribution in [1.82, 2.24) is 4.98 Å². The van der Waals surface area contributed by atoms with Gasteiger partial charge in [0.2, 0.25) is 0 Å². The molecule has 1 aromatic heterocycles. The molecule has 2 aromatic rings. The zero-order valence-electron chi connectivity index (χ0n) is 14.2. The molecule has 0 spiro atoms. The SMILES string of the molecule is NC1CCC(Oc2ccc(-c3ccccn3)c3c2CCCC3)CC1. The van der Waals surface area contributed by atoms with Gasteiger partial charge in [0.1, 0.15) is 5.75 Å². The van der Waals surface area contributed by atoms with E-state index in [1.807, 2.05) is 12.3 Å². The average Bonchev–Trinajstić information content (AvgIpc) is 2.64. The molecule has 0 aliphatic heterocycles. The summed E-state index contributed by atoms with van der Waals surface area (Å²) in [6, 6.07) is 10.9. The first kappa shape index (κ1) is 15.6. The second-order valence-electron chi connectivity index (χ2n) is 7.15. The van der Waals surface area contributed by atoms with Gasteiger partial charge >= 0.3 is 0 Å². The molecule has 2 N–H and O–H groups in total. The van der Waals surface area contributed by atoms with Crippen molar-refractivity contribution >= 4 is 0 Å². The van der Waals surface area contributed by atoms with Gasteiger partial charge in [0.05, 0.1) is 11.8 Å². The highest BCUT2D eigenvalue weighted by Crippen LogP contribution is 2.37. The van der Waals surface area contributed by atoms with Crippen molar-refractivity contribution in [3.05, 3.63) is 47.7 Å². The van der Waals surface area contributed by atoms with Crippen molar-refractivity contribution in [1.29, 1.82) is 0 Å². The summed E-state index contributed by atoms with van der Waals surface area (Å²) in [6.07, 6.45) is 11.3. The van der Waals surface area contributed by atoms with Gasteiger partial charge < -0.3 is 10.5 Å². The van der Waals surface area contributed by atoms with Crippen LogP contribution in [0.3, 0.4) is 0 Å². The lowest BCUT2D eigenvalue weighted by molar-refractivity contribution is 0.145. The summed E-state index contributed by atoms with van der Waals surface area (Å²) in [5, 5.41) is 0. The highest BCUT2D eigenvalue weighted by Gasteiger charge is 2.24. The summed E-state index contributed by atoms with van der Waals surface area (Å²) in [7, 11) is 0. The number of fused-ring (bicyclic) bond motifs is 1. The fourth-order valence-corrected chi connectivity index (χ4v) is 4.09. The van der Waals surface area contributed by atoms with Gasteiger partial charge in [-0.1, -0.05) is 6.07 Å². The van der Waals surface area contributed by atoms with E-state index in [4.69, 9.17) is 10.5 Å². The summed E-state index contributed by atoms with van der Waals surface area (Å²) in [5.41, 5.74) is 11.2. The Balaban J connectivity index is 1.64. The maximum atomic E-state index is 6.42. The third-order valence-electron chi connectivity index (χ3n) is 5.45. The van der Waals surface area contributed by atoms with Gasteiger partial charge in [-0.25, -0.2) is 0 Å². The van der Waals surface area contributed by atoms with E-state index in [2.05, 4.69) is 29.2 Å². The monoisotopic (exact) mass is 322 g/mol. The molecule has 24 heavy (non-hydrogen) atoms. The molecule has 2 aliphatic carbocycles. The van der Waals surface area contributed by atoms with Crippen molar-refractivity contribution in [3.63, 3.8) is 0 Å². The largest absolute Gasteiger partial charge is 0.490 e. The van der Waals surface area contributed by atoms with Gasteiger partial charge in [0.15, 0.2) is 0 Å². The van der Waals surface area contributed by atoms with Crippen LogP contribution in [0.15, 0.2) is 36.5 Å². The molecule has 0 amide bonds. The molecule has 3 nitrogen and oxygen atoms in total. The standard InChI is InChI=1S/C21H26N2O/c22-15-8-10-16(11-9-15)24-21-13-12-18(20-7-3-4-14-23-20)17-5-1-2-6-19(17)21/h3-4,7,12-16H,1-2,5-6,8-11,22H2. The summed E-state index contributed by atoms with van der Waals surface area (Å²) >= 11 is 0. The van der Waals surface area contributed by atoms with Crippen molar-refractivity contribution in [2.75, 3.05) is 0 Å². The van der Waals surface area contributed by atoms with Gasteiger partial charge in [0.25, 0.3) is 0 Å². The Morgan fingerprint density at radius 3 is 2.46 bits per heavy atom. The van der Waals surface area contributed by atoms with E-state index < -0.39 is 0 Å². The van der Waals surface area contributed by atoms with Crippen LogP contribution in [0, 0.1) is 0 Å². The lowest BCUT2D eigenvalue weighted by atomic mass is 9.86. The van der Waals surface area contributed by atoms with Crippen molar-refractivity contribution in [2.45, 2.75) is 63.5 Å². The molecule has 1 heterocycles. The molecule has 2 aliphatic rings.